The van der Waals surface area contributed by atoms with Crippen molar-refractivity contribution in [2.24, 2.45) is 0 Å². The molecule has 0 saturated carbocycles. The lowest BCUT2D eigenvalue weighted by atomic mass is 10.2. The number of ether oxygens (including phenoxy) is 2. The van der Waals surface area contributed by atoms with E-state index < -0.39 is 18.2 Å². The molecule has 16 heavy (non-hydrogen) atoms. The first-order valence-corrected chi connectivity index (χ1v) is 5.43. The van der Waals surface area contributed by atoms with Gasteiger partial charge in [-0.1, -0.05) is 0 Å². The maximum atomic E-state index is 11.9. The largest absolute Gasteiger partial charge is 0.479 e. The number of rotatable bonds is 2. The van der Waals surface area contributed by atoms with Gasteiger partial charge in [0.1, 0.15) is 6.10 Å². The first kappa shape index (κ1) is 11.3. The van der Waals surface area contributed by atoms with Crippen molar-refractivity contribution < 1.29 is 24.2 Å². The molecule has 2 atom stereocenters. The van der Waals surface area contributed by atoms with Crippen LogP contribution in [0.5, 0.6) is 0 Å². The van der Waals surface area contributed by atoms with E-state index in [0.29, 0.717) is 39.1 Å². The smallest absolute Gasteiger partial charge is 0.332 e. The number of morpholine rings is 1. The Morgan fingerprint density at radius 2 is 1.75 bits per heavy atom. The average molecular weight is 229 g/mol. The number of hydrogen-bond donors (Lipinski definition) is 1. The molecule has 0 aromatic rings. The SMILES string of the molecule is O=C(O)[C@H]1CC[C@H](C(=O)N2CCOCC2)O1. The lowest BCUT2D eigenvalue weighted by Gasteiger charge is -2.28. The molecule has 2 rings (SSSR count). The van der Waals surface area contributed by atoms with Crippen molar-refractivity contribution in [1.29, 1.82) is 0 Å². The van der Waals surface area contributed by atoms with Crippen molar-refractivity contribution in [3.63, 3.8) is 0 Å². The Kier molecular flexibility index (Phi) is 3.40. The average Bonchev–Trinajstić information content (AvgIpc) is 2.78. The molecule has 2 aliphatic heterocycles. The number of carboxylic acids is 1. The summed E-state index contributed by atoms with van der Waals surface area (Å²) < 4.78 is 10.3. The summed E-state index contributed by atoms with van der Waals surface area (Å²) in [5.41, 5.74) is 0. The van der Waals surface area contributed by atoms with E-state index in [-0.39, 0.29) is 5.91 Å². The molecule has 0 unspecified atom stereocenters. The highest BCUT2D eigenvalue weighted by Crippen LogP contribution is 2.21. The van der Waals surface area contributed by atoms with Gasteiger partial charge in [0.05, 0.1) is 13.2 Å². The Balaban J connectivity index is 1.88. The minimum absolute atomic E-state index is 0.105. The monoisotopic (exact) mass is 229 g/mol. The second-order valence-corrected chi connectivity index (χ2v) is 3.97. The summed E-state index contributed by atoms with van der Waals surface area (Å²) in [6.07, 6.45) is -0.502. The van der Waals surface area contributed by atoms with Gasteiger partial charge in [0, 0.05) is 13.1 Å². The van der Waals surface area contributed by atoms with Crippen LogP contribution in [-0.2, 0) is 19.1 Å². The molecule has 1 N–H and O–H groups in total. The Hall–Kier alpha value is -1.14. The predicted molar refractivity (Wildman–Crippen MR) is 52.9 cm³/mol. The van der Waals surface area contributed by atoms with Crippen LogP contribution < -0.4 is 0 Å². The zero-order valence-electron chi connectivity index (χ0n) is 8.92. The van der Waals surface area contributed by atoms with Crippen LogP contribution in [0.4, 0.5) is 0 Å². The van der Waals surface area contributed by atoms with Crippen LogP contribution in [-0.4, -0.2) is 60.4 Å². The van der Waals surface area contributed by atoms with Gasteiger partial charge in [-0.05, 0) is 12.8 Å². The maximum absolute atomic E-state index is 11.9. The van der Waals surface area contributed by atoms with E-state index >= 15 is 0 Å². The number of carbonyl (C=O) groups excluding carboxylic acids is 1. The second-order valence-electron chi connectivity index (χ2n) is 3.97. The highest BCUT2D eigenvalue weighted by atomic mass is 16.5. The molecule has 2 saturated heterocycles. The van der Waals surface area contributed by atoms with Crippen LogP contribution in [0.2, 0.25) is 0 Å². The number of nitrogens with zero attached hydrogens (tertiary/aromatic N) is 1. The van der Waals surface area contributed by atoms with E-state index in [1.165, 1.54) is 0 Å². The van der Waals surface area contributed by atoms with Gasteiger partial charge in [-0.3, -0.25) is 4.79 Å². The number of aliphatic carboxylic acids is 1. The molecule has 0 aromatic carbocycles. The minimum atomic E-state index is -0.989. The molecule has 0 radical (unpaired) electrons. The lowest BCUT2D eigenvalue weighted by Crippen LogP contribution is -2.45. The van der Waals surface area contributed by atoms with E-state index in [4.69, 9.17) is 14.6 Å². The molecule has 2 fully saturated rings. The second kappa shape index (κ2) is 4.80. The van der Waals surface area contributed by atoms with Crippen LogP contribution in [0.15, 0.2) is 0 Å². The van der Waals surface area contributed by atoms with Crippen molar-refractivity contribution in [2.75, 3.05) is 26.3 Å². The summed E-state index contributed by atoms with van der Waals surface area (Å²) in [6.45, 7) is 2.22. The number of hydrogen-bond acceptors (Lipinski definition) is 4. The predicted octanol–water partition coefficient (Wildman–Crippen LogP) is -0.523. The quantitative estimate of drug-likeness (QED) is 0.689. The molecule has 1 amide bonds. The first-order chi connectivity index (χ1) is 7.68. The number of carbonyl (C=O) groups is 2. The molecule has 0 spiro atoms. The first-order valence-electron chi connectivity index (χ1n) is 5.43. The van der Waals surface area contributed by atoms with Gasteiger partial charge in [0.2, 0.25) is 0 Å². The van der Waals surface area contributed by atoms with Gasteiger partial charge in [-0.15, -0.1) is 0 Å². The van der Waals surface area contributed by atoms with E-state index in [9.17, 15) is 9.59 Å². The van der Waals surface area contributed by atoms with E-state index in [2.05, 4.69) is 0 Å². The van der Waals surface area contributed by atoms with Crippen LogP contribution >= 0.6 is 0 Å². The van der Waals surface area contributed by atoms with Crippen molar-refractivity contribution in [2.45, 2.75) is 25.0 Å². The van der Waals surface area contributed by atoms with Crippen molar-refractivity contribution in [3.8, 4) is 0 Å². The van der Waals surface area contributed by atoms with Gasteiger partial charge in [0.15, 0.2) is 6.10 Å². The topological polar surface area (TPSA) is 76.1 Å². The zero-order valence-corrected chi connectivity index (χ0v) is 8.92. The van der Waals surface area contributed by atoms with Gasteiger partial charge in [0.25, 0.3) is 5.91 Å². The highest BCUT2D eigenvalue weighted by molar-refractivity contribution is 5.82. The summed E-state index contributed by atoms with van der Waals surface area (Å²) in [4.78, 5) is 24.3. The van der Waals surface area contributed by atoms with Gasteiger partial charge in [-0.2, -0.15) is 0 Å². The van der Waals surface area contributed by atoms with Crippen LogP contribution in [0.25, 0.3) is 0 Å². The summed E-state index contributed by atoms with van der Waals surface area (Å²) in [6, 6.07) is 0. The molecular weight excluding hydrogens is 214 g/mol. The summed E-state index contributed by atoms with van der Waals surface area (Å²) in [5, 5.41) is 8.75. The maximum Gasteiger partial charge on any atom is 0.332 e. The summed E-state index contributed by atoms with van der Waals surface area (Å²) in [7, 11) is 0. The van der Waals surface area contributed by atoms with Gasteiger partial charge < -0.3 is 19.5 Å². The third-order valence-corrected chi connectivity index (χ3v) is 2.89. The Morgan fingerprint density at radius 3 is 2.31 bits per heavy atom. The summed E-state index contributed by atoms with van der Waals surface area (Å²) in [5.74, 6) is -1.09. The Labute approximate surface area is 93.1 Å². The molecular formula is C10H15NO5. The van der Waals surface area contributed by atoms with Crippen molar-refractivity contribution in [1.82, 2.24) is 4.90 Å². The Bertz CT molecular complexity index is 287. The molecule has 2 heterocycles. The van der Waals surface area contributed by atoms with Crippen LogP contribution in [0.1, 0.15) is 12.8 Å². The fourth-order valence-corrected chi connectivity index (χ4v) is 1.99. The molecule has 6 nitrogen and oxygen atoms in total. The van der Waals surface area contributed by atoms with E-state index in [1.807, 2.05) is 0 Å². The van der Waals surface area contributed by atoms with E-state index in [0.717, 1.165) is 0 Å². The molecule has 0 bridgehead atoms. The number of carboxylic acid groups (broad SMARTS) is 1. The minimum Gasteiger partial charge on any atom is -0.479 e. The van der Waals surface area contributed by atoms with E-state index in [1.54, 1.807) is 4.90 Å². The fourth-order valence-electron chi connectivity index (χ4n) is 1.99. The molecule has 90 valence electrons. The van der Waals surface area contributed by atoms with Crippen molar-refractivity contribution in [3.05, 3.63) is 0 Å². The van der Waals surface area contributed by atoms with Crippen LogP contribution in [0, 0.1) is 0 Å². The molecule has 6 heteroatoms. The normalized spacial score (nSPS) is 30.4. The molecule has 0 aliphatic carbocycles. The standard InChI is InChI=1S/C10H15NO5/c12-9(11-3-5-15-6-4-11)7-1-2-8(16-7)10(13)14/h7-8H,1-6H2,(H,13,14)/t7-,8-/m1/s1. The summed E-state index contributed by atoms with van der Waals surface area (Å²) >= 11 is 0. The molecule has 0 aromatic heterocycles. The third-order valence-electron chi connectivity index (χ3n) is 2.89. The lowest BCUT2D eigenvalue weighted by molar-refractivity contribution is -0.156. The third kappa shape index (κ3) is 2.33. The highest BCUT2D eigenvalue weighted by Gasteiger charge is 2.36. The van der Waals surface area contributed by atoms with Gasteiger partial charge in [-0.25, -0.2) is 4.79 Å². The zero-order chi connectivity index (χ0) is 11.5. The number of amides is 1. The van der Waals surface area contributed by atoms with Crippen LogP contribution in [0.3, 0.4) is 0 Å². The van der Waals surface area contributed by atoms with Crippen molar-refractivity contribution >= 4 is 11.9 Å². The Morgan fingerprint density at radius 1 is 1.12 bits per heavy atom. The fraction of sp³-hybridized carbons (Fsp3) is 0.800. The van der Waals surface area contributed by atoms with Gasteiger partial charge >= 0.3 is 5.97 Å². The molecule has 2 aliphatic rings.